The molecule has 19 heavy (non-hydrogen) atoms. The molecule has 0 aromatic rings. The molecule has 0 aliphatic heterocycles. The zero-order chi connectivity index (χ0) is 13.8. The first-order valence-corrected chi connectivity index (χ1v) is 8.51. The zero-order valence-electron chi connectivity index (χ0n) is 13.1. The molecule has 1 N–H and O–H groups in total. The first-order valence-electron chi connectivity index (χ1n) is 8.51. The minimum atomic E-state index is -0.0857. The molecule has 2 saturated carbocycles. The highest BCUT2D eigenvalue weighted by Gasteiger charge is 2.35. The molecule has 0 heterocycles. The maximum Gasteiger partial charge on any atom is 0.0695 e. The third kappa shape index (κ3) is 3.95. The van der Waals surface area contributed by atoms with Crippen LogP contribution >= 0.6 is 0 Å². The zero-order valence-corrected chi connectivity index (χ0v) is 13.1. The highest BCUT2D eigenvalue weighted by Crippen LogP contribution is 2.34. The highest BCUT2D eigenvalue weighted by molar-refractivity contribution is 4.89. The quantitative estimate of drug-likeness (QED) is 0.837. The number of hydrogen-bond acceptors (Lipinski definition) is 2. The Bertz CT molecular complexity index is 260. The van der Waals surface area contributed by atoms with Gasteiger partial charge in [-0.25, -0.2) is 0 Å². The molecule has 0 aromatic heterocycles. The smallest absolute Gasteiger partial charge is 0.0695 e. The van der Waals surface area contributed by atoms with Gasteiger partial charge in [-0.2, -0.15) is 0 Å². The van der Waals surface area contributed by atoms with E-state index in [-0.39, 0.29) is 6.10 Å². The lowest BCUT2D eigenvalue weighted by molar-refractivity contribution is -0.0135. The normalized spacial score (nSPS) is 40.6. The van der Waals surface area contributed by atoms with Gasteiger partial charge in [0, 0.05) is 12.1 Å². The van der Waals surface area contributed by atoms with Gasteiger partial charge < -0.3 is 5.11 Å². The maximum atomic E-state index is 10.4. The molecule has 2 aliphatic carbocycles. The van der Waals surface area contributed by atoms with Crippen LogP contribution in [-0.2, 0) is 0 Å². The summed E-state index contributed by atoms with van der Waals surface area (Å²) < 4.78 is 0. The second-order valence-electron chi connectivity index (χ2n) is 7.18. The third-order valence-electron chi connectivity index (χ3n) is 5.67. The van der Waals surface area contributed by atoms with E-state index < -0.39 is 0 Å². The summed E-state index contributed by atoms with van der Waals surface area (Å²) in [6, 6.07) is 1.14. The van der Waals surface area contributed by atoms with E-state index in [9.17, 15) is 5.11 Å². The van der Waals surface area contributed by atoms with Gasteiger partial charge in [-0.05, 0) is 63.8 Å². The van der Waals surface area contributed by atoms with Crippen molar-refractivity contribution in [2.75, 3.05) is 7.05 Å². The van der Waals surface area contributed by atoms with Gasteiger partial charge in [0.15, 0.2) is 0 Å². The Labute approximate surface area is 119 Å². The van der Waals surface area contributed by atoms with E-state index in [1.807, 2.05) is 0 Å². The Hall–Kier alpha value is -0.0800. The van der Waals surface area contributed by atoms with Crippen molar-refractivity contribution < 1.29 is 5.11 Å². The molecule has 112 valence electrons. The first-order chi connectivity index (χ1) is 9.11. The number of aliphatic hydroxyl groups excluding tert-OH is 1. The van der Waals surface area contributed by atoms with E-state index in [0.29, 0.717) is 6.04 Å². The summed E-state index contributed by atoms with van der Waals surface area (Å²) in [5, 5.41) is 10.4. The molecule has 3 unspecified atom stereocenters. The summed E-state index contributed by atoms with van der Waals surface area (Å²) in [7, 11) is 2.27. The average Bonchev–Trinajstić information content (AvgIpc) is 2.41. The van der Waals surface area contributed by atoms with Crippen LogP contribution in [0.3, 0.4) is 0 Å². The number of hydrogen-bond donors (Lipinski definition) is 1. The molecule has 2 nitrogen and oxygen atoms in total. The van der Waals surface area contributed by atoms with Gasteiger partial charge in [-0.15, -0.1) is 0 Å². The van der Waals surface area contributed by atoms with Crippen LogP contribution in [0.5, 0.6) is 0 Å². The van der Waals surface area contributed by atoms with E-state index in [1.165, 1.54) is 51.4 Å². The van der Waals surface area contributed by atoms with Gasteiger partial charge in [0.2, 0.25) is 0 Å². The molecule has 0 radical (unpaired) electrons. The minimum absolute atomic E-state index is 0.0857. The predicted octanol–water partition coefficient (Wildman–Crippen LogP) is 3.83. The van der Waals surface area contributed by atoms with E-state index in [4.69, 9.17) is 0 Å². The topological polar surface area (TPSA) is 23.5 Å². The second-order valence-corrected chi connectivity index (χ2v) is 7.18. The van der Waals surface area contributed by atoms with Crippen LogP contribution in [-0.4, -0.2) is 35.2 Å². The molecular weight excluding hydrogens is 234 g/mol. The Balaban J connectivity index is 1.90. The largest absolute Gasteiger partial charge is 0.391 e. The van der Waals surface area contributed by atoms with Crippen LogP contribution < -0.4 is 0 Å². The van der Waals surface area contributed by atoms with Crippen molar-refractivity contribution >= 4 is 0 Å². The Morgan fingerprint density at radius 1 is 1.05 bits per heavy atom. The molecule has 0 saturated heterocycles. The standard InChI is InChI=1S/C17H33NO/c1-4-5-14-8-11-17(19)16(12-14)18(3)15-9-6-13(2)7-10-15/h13-17,19H,4-12H2,1-3H3. The molecule has 0 amide bonds. The Morgan fingerprint density at radius 3 is 2.37 bits per heavy atom. The molecule has 0 spiro atoms. The summed E-state index contributed by atoms with van der Waals surface area (Å²) in [6.07, 6.45) is 11.4. The van der Waals surface area contributed by atoms with Crippen molar-refractivity contribution in [3.8, 4) is 0 Å². The lowest BCUT2D eigenvalue weighted by atomic mass is 9.79. The van der Waals surface area contributed by atoms with Crippen LogP contribution in [0.15, 0.2) is 0 Å². The van der Waals surface area contributed by atoms with Gasteiger partial charge in [0.05, 0.1) is 6.10 Å². The van der Waals surface area contributed by atoms with Crippen molar-refractivity contribution in [2.45, 2.75) is 89.8 Å². The van der Waals surface area contributed by atoms with E-state index in [2.05, 4.69) is 25.8 Å². The molecule has 0 aromatic carbocycles. The van der Waals surface area contributed by atoms with E-state index >= 15 is 0 Å². The third-order valence-corrected chi connectivity index (χ3v) is 5.67. The summed E-state index contributed by atoms with van der Waals surface area (Å²) in [5.74, 6) is 1.76. The first kappa shape index (κ1) is 15.3. The number of nitrogens with zero attached hydrogens (tertiary/aromatic N) is 1. The fourth-order valence-electron chi connectivity index (χ4n) is 4.24. The molecular formula is C17H33NO. The molecule has 3 atom stereocenters. The summed E-state index contributed by atoms with van der Waals surface area (Å²) in [6.45, 7) is 4.66. The van der Waals surface area contributed by atoms with E-state index in [0.717, 1.165) is 24.3 Å². The summed E-state index contributed by atoms with van der Waals surface area (Å²) >= 11 is 0. The van der Waals surface area contributed by atoms with Crippen molar-refractivity contribution in [2.24, 2.45) is 11.8 Å². The SMILES string of the molecule is CCCC1CCC(O)C(N(C)C2CCC(C)CC2)C1. The van der Waals surface area contributed by atoms with Gasteiger partial charge in [0.1, 0.15) is 0 Å². The molecule has 2 heteroatoms. The Kier molecular flexibility index (Phi) is 5.70. The molecule has 0 bridgehead atoms. The van der Waals surface area contributed by atoms with Gasteiger partial charge >= 0.3 is 0 Å². The van der Waals surface area contributed by atoms with Crippen molar-refractivity contribution in [3.05, 3.63) is 0 Å². The highest BCUT2D eigenvalue weighted by atomic mass is 16.3. The molecule has 2 rings (SSSR count). The van der Waals surface area contributed by atoms with Crippen LogP contribution in [0, 0.1) is 11.8 Å². The van der Waals surface area contributed by atoms with Crippen LogP contribution in [0.25, 0.3) is 0 Å². The number of rotatable bonds is 4. The Morgan fingerprint density at radius 2 is 1.74 bits per heavy atom. The van der Waals surface area contributed by atoms with E-state index in [1.54, 1.807) is 0 Å². The molecule has 2 fully saturated rings. The number of likely N-dealkylation sites (N-methyl/N-ethyl adjacent to an activating group) is 1. The monoisotopic (exact) mass is 267 g/mol. The van der Waals surface area contributed by atoms with Crippen LogP contribution in [0.2, 0.25) is 0 Å². The fourth-order valence-corrected chi connectivity index (χ4v) is 4.24. The number of aliphatic hydroxyl groups is 1. The van der Waals surface area contributed by atoms with Crippen molar-refractivity contribution in [1.82, 2.24) is 4.90 Å². The lowest BCUT2D eigenvalue weighted by Gasteiger charge is -2.44. The second kappa shape index (κ2) is 7.08. The van der Waals surface area contributed by atoms with Gasteiger partial charge in [-0.1, -0.05) is 26.7 Å². The van der Waals surface area contributed by atoms with Gasteiger partial charge in [0.25, 0.3) is 0 Å². The summed E-state index contributed by atoms with van der Waals surface area (Å²) in [5.41, 5.74) is 0. The molecule has 2 aliphatic rings. The minimum Gasteiger partial charge on any atom is -0.391 e. The average molecular weight is 267 g/mol. The predicted molar refractivity (Wildman–Crippen MR) is 81.2 cm³/mol. The van der Waals surface area contributed by atoms with Crippen LogP contribution in [0.1, 0.15) is 71.6 Å². The summed E-state index contributed by atoms with van der Waals surface area (Å²) in [4.78, 5) is 2.54. The van der Waals surface area contributed by atoms with Gasteiger partial charge in [-0.3, -0.25) is 4.90 Å². The van der Waals surface area contributed by atoms with Crippen molar-refractivity contribution in [1.29, 1.82) is 0 Å². The van der Waals surface area contributed by atoms with Crippen LogP contribution in [0.4, 0.5) is 0 Å². The maximum absolute atomic E-state index is 10.4. The fraction of sp³-hybridized carbons (Fsp3) is 1.00. The lowest BCUT2D eigenvalue weighted by Crippen LogP contribution is -2.50. The van der Waals surface area contributed by atoms with Crippen molar-refractivity contribution in [3.63, 3.8) is 0 Å².